The number of carbonyl (C=O) groups excluding carboxylic acids is 1. The largest absolute Gasteiger partial charge is 0.462 e. The lowest BCUT2D eigenvalue weighted by molar-refractivity contribution is -0.148. The van der Waals surface area contributed by atoms with Crippen LogP contribution in [0.1, 0.15) is 46.0 Å². The Balaban J connectivity index is 2.44. The van der Waals surface area contributed by atoms with Gasteiger partial charge in [0.15, 0.2) is 0 Å². The molecule has 0 heterocycles. The van der Waals surface area contributed by atoms with Crippen molar-refractivity contribution < 1.29 is 9.53 Å². The van der Waals surface area contributed by atoms with Crippen molar-refractivity contribution in [2.45, 2.75) is 52.1 Å². The highest BCUT2D eigenvalue weighted by Gasteiger charge is 2.23. The van der Waals surface area contributed by atoms with E-state index in [1.165, 1.54) is 19.8 Å². The smallest absolute Gasteiger partial charge is 0.302 e. The van der Waals surface area contributed by atoms with E-state index in [0.717, 1.165) is 19.3 Å². The molecule has 0 fully saturated rings. The fourth-order valence-corrected chi connectivity index (χ4v) is 1.95. The molecule has 0 spiro atoms. The van der Waals surface area contributed by atoms with Crippen molar-refractivity contribution in [1.82, 2.24) is 0 Å². The number of rotatable bonds is 4. The van der Waals surface area contributed by atoms with Gasteiger partial charge in [-0.15, -0.1) is 0 Å². The van der Waals surface area contributed by atoms with Crippen LogP contribution in [0.25, 0.3) is 0 Å². The van der Waals surface area contributed by atoms with E-state index in [9.17, 15) is 4.79 Å². The first-order chi connectivity index (χ1) is 6.74. The molecule has 0 aliphatic heterocycles. The molecule has 80 valence electrons. The molecule has 2 atom stereocenters. The number of unbranched alkanes of at least 4 members (excludes halogenated alkanes) is 1. The fourth-order valence-electron chi connectivity index (χ4n) is 1.95. The summed E-state index contributed by atoms with van der Waals surface area (Å²) in [5, 5.41) is 0. The van der Waals surface area contributed by atoms with Gasteiger partial charge in [-0.1, -0.05) is 31.9 Å². The van der Waals surface area contributed by atoms with Crippen molar-refractivity contribution in [3.63, 3.8) is 0 Å². The Bertz CT molecular complexity index is 208. The molecule has 0 aromatic carbocycles. The van der Waals surface area contributed by atoms with E-state index in [0.29, 0.717) is 5.92 Å². The zero-order valence-electron chi connectivity index (χ0n) is 9.16. The molecule has 1 rings (SSSR count). The summed E-state index contributed by atoms with van der Waals surface area (Å²) >= 11 is 0. The van der Waals surface area contributed by atoms with Gasteiger partial charge in [-0.05, 0) is 19.3 Å². The summed E-state index contributed by atoms with van der Waals surface area (Å²) in [5.41, 5.74) is 0. The summed E-state index contributed by atoms with van der Waals surface area (Å²) in [4.78, 5) is 10.9. The first kappa shape index (κ1) is 11.3. The average Bonchev–Trinajstić information content (AvgIpc) is 2.16. The van der Waals surface area contributed by atoms with Gasteiger partial charge in [-0.3, -0.25) is 4.79 Å². The second kappa shape index (κ2) is 5.84. The third-order valence-corrected chi connectivity index (χ3v) is 2.69. The summed E-state index contributed by atoms with van der Waals surface area (Å²) in [6.07, 6.45) is 10.1. The predicted molar refractivity (Wildman–Crippen MR) is 56.9 cm³/mol. The maximum atomic E-state index is 10.9. The molecule has 0 saturated heterocycles. The van der Waals surface area contributed by atoms with Crippen molar-refractivity contribution in [2.75, 3.05) is 0 Å². The number of hydrogen-bond acceptors (Lipinski definition) is 2. The molecule has 1 aliphatic carbocycles. The highest BCUT2D eigenvalue weighted by Crippen LogP contribution is 2.25. The average molecular weight is 196 g/mol. The summed E-state index contributed by atoms with van der Waals surface area (Å²) < 4.78 is 5.31. The lowest BCUT2D eigenvalue weighted by Crippen LogP contribution is -2.26. The standard InChI is InChI=1S/C12H20O2/c1-3-4-7-11-8-5-6-9-12(11)14-10(2)13/h5,8,11-12H,3-4,6-7,9H2,1-2H3/t11-,12-/m1/s1. The molecule has 0 amide bonds. The zero-order chi connectivity index (χ0) is 10.4. The Morgan fingerprint density at radius 1 is 1.57 bits per heavy atom. The monoisotopic (exact) mass is 196 g/mol. The molecule has 0 unspecified atom stereocenters. The molecule has 2 heteroatoms. The van der Waals surface area contributed by atoms with Gasteiger partial charge in [0.25, 0.3) is 0 Å². The number of carbonyl (C=O) groups is 1. The molecule has 0 aromatic rings. The number of esters is 1. The van der Waals surface area contributed by atoms with Crippen LogP contribution < -0.4 is 0 Å². The van der Waals surface area contributed by atoms with E-state index in [2.05, 4.69) is 19.1 Å². The van der Waals surface area contributed by atoms with Gasteiger partial charge in [0.05, 0.1) is 0 Å². The molecule has 14 heavy (non-hydrogen) atoms. The van der Waals surface area contributed by atoms with Crippen molar-refractivity contribution in [3.05, 3.63) is 12.2 Å². The molecule has 0 aromatic heterocycles. The van der Waals surface area contributed by atoms with Crippen LogP contribution in [0.4, 0.5) is 0 Å². The SMILES string of the molecule is CCCC[C@@H]1C=CCC[C@H]1OC(C)=O. The highest BCUT2D eigenvalue weighted by atomic mass is 16.5. The second-order valence-electron chi connectivity index (χ2n) is 3.96. The van der Waals surface area contributed by atoms with Crippen LogP contribution in [-0.4, -0.2) is 12.1 Å². The van der Waals surface area contributed by atoms with Gasteiger partial charge >= 0.3 is 5.97 Å². The van der Waals surface area contributed by atoms with Gasteiger partial charge in [-0.25, -0.2) is 0 Å². The van der Waals surface area contributed by atoms with E-state index in [1.54, 1.807) is 0 Å². The van der Waals surface area contributed by atoms with Gasteiger partial charge in [0.1, 0.15) is 6.10 Å². The van der Waals surface area contributed by atoms with Crippen LogP contribution in [0.5, 0.6) is 0 Å². The first-order valence-electron chi connectivity index (χ1n) is 5.58. The molecular formula is C12H20O2. The summed E-state index contributed by atoms with van der Waals surface area (Å²) in [6, 6.07) is 0. The molecule has 0 bridgehead atoms. The number of hydrogen-bond donors (Lipinski definition) is 0. The Kier molecular flexibility index (Phi) is 4.71. The van der Waals surface area contributed by atoms with Crippen molar-refractivity contribution >= 4 is 5.97 Å². The second-order valence-corrected chi connectivity index (χ2v) is 3.96. The minimum atomic E-state index is -0.146. The van der Waals surface area contributed by atoms with E-state index < -0.39 is 0 Å². The Hall–Kier alpha value is -0.790. The van der Waals surface area contributed by atoms with Crippen LogP contribution in [0.3, 0.4) is 0 Å². The normalized spacial score (nSPS) is 26.1. The van der Waals surface area contributed by atoms with Gasteiger partial charge in [-0.2, -0.15) is 0 Å². The highest BCUT2D eigenvalue weighted by molar-refractivity contribution is 5.66. The predicted octanol–water partition coefficient (Wildman–Crippen LogP) is 3.07. The topological polar surface area (TPSA) is 26.3 Å². The Morgan fingerprint density at radius 3 is 3.00 bits per heavy atom. The van der Waals surface area contributed by atoms with Crippen LogP contribution in [0.2, 0.25) is 0 Å². The third-order valence-electron chi connectivity index (χ3n) is 2.69. The quantitative estimate of drug-likeness (QED) is 0.510. The number of ether oxygens (including phenoxy) is 1. The van der Waals surface area contributed by atoms with Crippen molar-refractivity contribution in [1.29, 1.82) is 0 Å². The van der Waals surface area contributed by atoms with Crippen molar-refractivity contribution in [3.8, 4) is 0 Å². The molecule has 0 saturated carbocycles. The Labute approximate surface area is 86.3 Å². The van der Waals surface area contributed by atoms with Crippen molar-refractivity contribution in [2.24, 2.45) is 5.92 Å². The molecular weight excluding hydrogens is 176 g/mol. The van der Waals surface area contributed by atoms with E-state index in [4.69, 9.17) is 4.74 Å². The van der Waals surface area contributed by atoms with Gasteiger partial charge in [0.2, 0.25) is 0 Å². The minimum absolute atomic E-state index is 0.129. The van der Waals surface area contributed by atoms with E-state index >= 15 is 0 Å². The molecule has 0 radical (unpaired) electrons. The van der Waals surface area contributed by atoms with Gasteiger partial charge in [0, 0.05) is 12.8 Å². The zero-order valence-corrected chi connectivity index (χ0v) is 9.16. The first-order valence-corrected chi connectivity index (χ1v) is 5.58. The molecule has 2 nitrogen and oxygen atoms in total. The summed E-state index contributed by atoms with van der Waals surface area (Å²) in [5.74, 6) is 0.305. The van der Waals surface area contributed by atoms with Crippen LogP contribution >= 0.6 is 0 Å². The summed E-state index contributed by atoms with van der Waals surface area (Å²) in [7, 11) is 0. The Morgan fingerprint density at radius 2 is 2.36 bits per heavy atom. The third kappa shape index (κ3) is 3.52. The number of allylic oxidation sites excluding steroid dienone is 1. The summed E-state index contributed by atoms with van der Waals surface area (Å²) in [6.45, 7) is 3.68. The maximum absolute atomic E-state index is 10.9. The van der Waals surface area contributed by atoms with Crippen LogP contribution in [0, 0.1) is 5.92 Å². The van der Waals surface area contributed by atoms with Crippen LogP contribution in [-0.2, 0) is 9.53 Å². The van der Waals surface area contributed by atoms with E-state index in [-0.39, 0.29) is 12.1 Å². The van der Waals surface area contributed by atoms with Gasteiger partial charge < -0.3 is 4.74 Å². The fraction of sp³-hybridized carbons (Fsp3) is 0.750. The maximum Gasteiger partial charge on any atom is 0.302 e. The molecule has 1 aliphatic rings. The lowest BCUT2D eigenvalue weighted by atomic mass is 9.88. The van der Waals surface area contributed by atoms with Crippen LogP contribution in [0.15, 0.2) is 12.2 Å². The lowest BCUT2D eigenvalue weighted by Gasteiger charge is -2.26. The molecule has 0 N–H and O–H groups in total. The minimum Gasteiger partial charge on any atom is -0.462 e. The van der Waals surface area contributed by atoms with E-state index in [1.807, 2.05) is 0 Å².